The van der Waals surface area contributed by atoms with Gasteiger partial charge in [-0.05, 0) is 58.5 Å². The van der Waals surface area contributed by atoms with E-state index in [1.54, 1.807) is 11.3 Å². The first-order valence-electron chi connectivity index (χ1n) is 8.84. The molecule has 5 heteroatoms. The SMILES string of the molecule is CC(C)NC(=O)c1cc2sc(Br)cc2n1Cc1ccc(C(C)(C)C)cc1. The van der Waals surface area contributed by atoms with E-state index in [2.05, 4.69) is 76.9 Å². The minimum atomic E-state index is -0.0224. The Balaban J connectivity index is 1.98. The second kappa shape index (κ2) is 7.20. The lowest BCUT2D eigenvalue weighted by Gasteiger charge is -2.19. The van der Waals surface area contributed by atoms with Crippen LogP contribution in [0.2, 0.25) is 0 Å². The van der Waals surface area contributed by atoms with Crippen molar-refractivity contribution >= 4 is 43.4 Å². The third kappa shape index (κ3) is 4.04. The summed E-state index contributed by atoms with van der Waals surface area (Å²) in [5.74, 6) is -0.0224. The summed E-state index contributed by atoms with van der Waals surface area (Å²) in [5.41, 5.74) is 4.45. The first kappa shape index (κ1) is 19.2. The van der Waals surface area contributed by atoms with E-state index < -0.39 is 0 Å². The maximum atomic E-state index is 12.7. The molecule has 3 aromatic rings. The lowest BCUT2D eigenvalue weighted by Crippen LogP contribution is -2.31. The molecule has 0 saturated carbocycles. The summed E-state index contributed by atoms with van der Waals surface area (Å²) in [7, 11) is 0. The summed E-state index contributed by atoms with van der Waals surface area (Å²) in [6, 6.07) is 12.9. The van der Waals surface area contributed by atoms with E-state index in [9.17, 15) is 4.79 Å². The number of nitrogens with zero attached hydrogens (tertiary/aromatic N) is 1. The third-order valence-electron chi connectivity index (χ3n) is 4.37. The molecule has 3 rings (SSSR count). The van der Waals surface area contributed by atoms with Crippen LogP contribution in [0.15, 0.2) is 40.2 Å². The lowest BCUT2D eigenvalue weighted by molar-refractivity contribution is 0.0934. The van der Waals surface area contributed by atoms with Crippen molar-refractivity contribution < 1.29 is 4.79 Å². The first-order chi connectivity index (χ1) is 12.1. The Morgan fingerprint density at radius 2 is 1.85 bits per heavy atom. The van der Waals surface area contributed by atoms with Gasteiger partial charge in [0.1, 0.15) is 5.69 Å². The fraction of sp³-hybridized carbons (Fsp3) is 0.381. The third-order valence-corrected chi connectivity index (χ3v) is 5.95. The number of fused-ring (bicyclic) bond motifs is 1. The van der Waals surface area contributed by atoms with Gasteiger partial charge < -0.3 is 9.88 Å². The number of hydrogen-bond donors (Lipinski definition) is 1. The number of benzene rings is 1. The van der Waals surface area contributed by atoms with Crippen molar-refractivity contribution in [3.8, 4) is 0 Å². The molecule has 0 radical (unpaired) electrons. The zero-order valence-corrected chi connectivity index (χ0v) is 18.3. The lowest BCUT2D eigenvalue weighted by atomic mass is 9.87. The zero-order chi connectivity index (χ0) is 19.1. The van der Waals surface area contributed by atoms with E-state index in [1.807, 2.05) is 19.9 Å². The predicted molar refractivity (Wildman–Crippen MR) is 114 cm³/mol. The van der Waals surface area contributed by atoms with Gasteiger partial charge in [0.15, 0.2) is 0 Å². The highest BCUT2D eigenvalue weighted by atomic mass is 79.9. The Morgan fingerprint density at radius 1 is 1.19 bits per heavy atom. The molecule has 138 valence electrons. The van der Waals surface area contributed by atoms with E-state index in [0.29, 0.717) is 12.2 Å². The summed E-state index contributed by atoms with van der Waals surface area (Å²) in [4.78, 5) is 12.7. The Labute approximate surface area is 167 Å². The highest BCUT2D eigenvalue weighted by molar-refractivity contribution is 9.11. The Morgan fingerprint density at radius 3 is 2.42 bits per heavy atom. The number of aromatic nitrogens is 1. The molecule has 0 aliphatic rings. The van der Waals surface area contributed by atoms with Gasteiger partial charge in [0.05, 0.1) is 14.0 Å². The number of halogens is 1. The topological polar surface area (TPSA) is 34.0 Å². The molecule has 26 heavy (non-hydrogen) atoms. The van der Waals surface area contributed by atoms with Crippen LogP contribution in [-0.4, -0.2) is 16.5 Å². The van der Waals surface area contributed by atoms with Gasteiger partial charge in [-0.1, -0.05) is 45.0 Å². The molecule has 1 N–H and O–H groups in total. The molecule has 0 aliphatic carbocycles. The van der Waals surface area contributed by atoms with Gasteiger partial charge in [0.25, 0.3) is 5.91 Å². The van der Waals surface area contributed by atoms with Gasteiger partial charge in [-0.15, -0.1) is 11.3 Å². The van der Waals surface area contributed by atoms with Gasteiger partial charge in [-0.2, -0.15) is 0 Å². The van der Waals surface area contributed by atoms with Crippen LogP contribution < -0.4 is 5.32 Å². The molecule has 0 bridgehead atoms. The van der Waals surface area contributed by atoms with Crippen molar-refractivity contribution in [3.63, 3.8) is 0 Å². The maximum Gasteiger partial charge on any atom is 0.268 e. The minimum Gasteiger partial charge on any atom is -0.349 e. The van der Waals surface area contributed by atoms with Crippen molar-refractivity contribution in [2.45, 2.75) is 52.6 Å². The summed E-state index contributed by atoms with van der Waals surface area (Å²) >= 11 is 5.22. The number of nitrogens with one attached hydrogen (secondary N) is 1. The second-order valence-corrected chi connectivity index (χ2v) is 10.5. The zero-order valence-electron chi connectivity index (χ0n) is 15.9. The standard InChI is InChI=1S/C21H25BrN2OS/c1-13(2)23-20(25)17-10-18-16(11-19(22)26-18)24(17)12-14-6-8-15(9-7-14)21(3,4)5/h6-11,13H,12H2,1-5H3,(H,23,25). The summed E-state index contributed by atoms with van der Waals surface area (Å²) in [5, 5.41) is 3.01. The molecule has 1 aromatic carbocycles. The normalized spacial score (nSPS) is 12.1. The smallest absolute Gasteiger partial charge is 0.268 e. The number of rotatable bonds is 4. The van der Waals surface area contributed by atoms with Crippen LogP contribution in [0.1, 0.15) is 56.2 Å². The number of hydrogen-bond acceptors (Lipinski definition) is 2. The number of amides is 1. The van der Waals surface area contributed by atoms with Crippen molar-refractivity contribution in [1.82, 2.24) is 9.88 Å². The predicted octanol–water partition coefficient (Wildman–Crippen LogP) is 5.95. The van der Waals surface area contributed by atoms with Crippen LogP contribution in [0.4, 0.5) is 0 Å². The number of thiophene rings is 1. The van der Waals surface area contributed by atoms with Crippen molar-refractivity contribution in [2.24, 2.45) is 0 Å². The molecule has 0 spiro atoms. The monoisotopic (exact) mass is 432 g/mol. The Bertz CT molecular complexity index is 929. The van der Waals surface area contributed by atoms with Crippen LogP contribution in [0, 0.1) is 0 Å². The van der Waals surface area contributed by atoms with E-state index in [0.717, 1.165) is 14.0 Å². The van der Waals surface area contributed by atoms with Crippen LogP contribution in [0.3, 0.4) is 0 Å². The van der Waals surface area contributed by atoms with E-state index >= 15 is 0 Å². The van der Waals surface area contributed by atoms with Crippen LogP contribution in [0.5, 0.6) is 0 Å². The van der Waals surface area contributed by atoms with Gasteiger partial charge >= 0.3 is 0 Å². The fourth-order valence-electron chi connectivity index (χ4n) is 3.00. The molecule has 0 aliphatic heterocycles. The Kier molecular flexibility index (Phi) is 5.31. The summed E-state index contributed by atoms with van der Waals surface area (Å²) in [6.07, 6.45) is 0. The largest absolute Gasteiger partial charge is 0.349 e. The van der Waals surface area contributed by atoms with Gasteiger partial charge in [0, 0.05) is 12.6 Å². The van der Waals surface area contributed by atoms with E-state index in [-0.39, 0.29) is 17.4 Å². The van der Waals surface area contributed by atoms with E-state index in [4.69, 9.17) is 0 Å². The highest BCUT2D eigenvalue weighted by Crippen LogP contribution is 2.33. The van der Waals surface area contributed by atoms with Crippen LogP contribution in [0.25, 0.3) is 10.2 Å². The number of carbonyl (C=O) groups is 1. The van der Waals surface area contributed by atoms with Crippen molar-refractivity contribution in [2.75, 3.05) is 0 Å². The molecule has 0 atom stereocenters. The van der Waals surface area contributed by atoms with Crippen LogP contribution in [-0.2, 0) is 12.0 Å². The van der Waals surface area contributed by atoms with Gasteiger partial charge in [0.2, 0.25) is 0 Å². The number of carbonyl (C=O) groups excluding carboxylic acids is 1. The van der Waals surface area contributed by atoms with Gasteiger partial charge in [-0.3, -0.25) is 4.79 Å². The van der Waals surface area contributed by atoms with E-state index in [1.165, 1.54) is 11.1 Å². The molecule has 3 nitrogen and oxygen atoms in total. The average molecular weight is 433 g/mol. The Hall–Kier alpha value is -1.59. The first-order valence-corrected chi connectivity index (χ1v) is 10.4. The maximum absolute atomic E-state index is 12.7. The minimum absolute atomic E-state index is 0.0224. The quantitative estimate of drug-likeness (QED) is 0.542. The fourth-order valence-corrected chi connectivity index (χ4v) is 4.56. The second-order valence-electron chi connectivity index (χ2n) is 7.99. The van der Waals surface area contributed by atoms with Gasteiger partial charge in [-0.25, -0.2) is 0 Å². The summed E-state index contributed by atoms with van der Waals surface area (Å²) in [6.45, 7) is 11.3. The highest BCUT2D eigenvalue weighted by Gasteiger charge is 2.19. The molecule has 2 aromatic heterocycles. The molecule has 0 saturated heterocycles. The van der Waals surface area contributed by atoms with Crippen molar-refractivity contribution in [3.05, 3.63) is 57.0 Å². The van der Waals surface area contributed by atoms with Crippen molar-refractivity contribution in [1.29, 1.82) is 0 Å². The molecular weight excluding hydrogens is 408 g/mol. The van der Waals surface area contributed by atoms with Crippen LogP contribution >= 0.6 is 27.3 Å². The average Bonchev–Trinajstić information content (AvgIpc) is 3.04. The summed E-state index contributed by atoms with van der Waals surface area (Å²) < 4.78 is 4.31. The molecular formula is C21H25BrN2OS. The molecule has 0 fully saturated rings. The molecule has 1 amide bonds. The molecule has 0 unspecified atom stereocenters. The molecule has 2 heterocycles.